The maximum Gasteiger partial charge on any atom is 0.0587 e. The van der Waals surface area contributed by atoms with E-state index in [1.165, 1.54) is 9.13 Å². The minimum atomic E-state index is 0.391. The molecular weight excluding hydrogens is 289 g/mol. The topological polar surface area (TPSA) is 21.3 Å². The molecular formula is C11H16INO. The number of halogens is 1. The lowest BCUT2D eigenvalue weighted by Crippen LogP contribution is -2.22. The van der Waals surface area contributed by atoms with Crippen molar-refractivity contribution in [3.63, 3.8) is 0 Å². The average Bonchev–Trinajstić information content (AvgIpc) is 2.19. The Hall–Kier alpha value is -0.130. The molecule has 0 aliphatic carbocycles. The number of rotatable bonds is 5. The number of nitrogens with one attached hydrogen (secondary N) is 1. The fraction of sp³-hybridized carbons (Fsp3) is 0.455. The molecule has 0 radical (unpaired) electrons. The Kier molecular flexibility index (Phi) is 5.44. The first-order chi connectivity index (χ1) is 6.74. The van der Waals surface area contributed by atoms with Crippen LogP contribution in [-0.2, 0) is 4.74 Å². The van der Waals surface area contributed by atoms with Crippen molar-refractivity contribution in [2.75, 3.05) is 20.3 Å². The van der Waals surface area contributed by atoms with Gasteiger partial charge in [-0.15, -0.1) is 0 Å². The van der Waals surface area contributed by atoms with Gasteiger partial charge < -0.3 is 10.1 Å². The van der Waals surface area contributed by atoms with E-state index < -0.39 is 0 Å². The van der Waals surface area contributed by atoms with Crippen molar-refractivity contribution < 1.29 is 4.74 Å². The molecule has 0 unspecified atom stereocenters. The zero-order chi connectivity index (χ0) is 10.4. The Bertz CT molecular complexity index is 260. The minimum absolute atomic E-state index is 0.391. The van der Waals surface area contributed by atoms with E-state index >= 15 is 0 Å². The van der Waals surface area contributed by atoms with Crippen LogP contribution in [0.5, 0.6) is 0 Å². The van der Waals surface area contributed by atoms with E-state index in [9.17, 15) is 0 Å². The first kappa shape index (κ1) is 11.9. The first-order valence-corrected chi connectivity index (χ1v) is 5.79. The molecule has 0 aliphatic rings. The molecule has 14 heavy (non-hydrogen) atoms. The van der Waals surface area contributed by atoms with Gasteiger partial charge >= 0.3 is 0 Å². The Morgan fingerprint density at radius 1 is 1.36 bits per heavy atom. The molecule has 1 aromatic carbocycles. The van der Waals surface area contributed by atoms with Gasteiger partial charge in [0.25, 0.3) is 0 Å². The monoisotopic (exact) mass is 305 g/mol. The summed E-state index contributed by atoms with van der Waals surface area (Å²) < 4.78 is 6.26. The minimum Gasteiger partial charge on any atom is -0.383 e. The maximum atomic E-state index is 4.98. The van der Waals surface area contributed by atoms with Crippen LogP contribution in [0.15, 0.2) is 24.3 Å². The van der Waals surface area contributed by atoms with Gasteiger partial charge in [-0.05, 0) is 47.2 Å². The molecule has 0 aromatic heterocycles. The smallest absolute Gasteiger partial charge is 0.0587 e. The van der Waals surface area contributed by atoms with E-state index in [0.29, 0.717) is 6.04 Å². The number of hydrogen-bond donors (Lipinski definition) is 1. The van der Waals surface area contributed by atoms with Gasteiger partial charge in [0.05, 0.1) is 6.61 Å². The van der Waals surface area contributed by atoms with E-state index in [1.54, 1.807) is 7.11 Å². The van der Waals surface area contributed by atoms with Crippen molar-refractivity contribution in [3.8, 4) is 0 Å². The average molecular weight is 305 g/mol. The third-order valence-corrected chi connectivity index (χ3v) is 2.85. The van der Waals surface area contributed by atoms with E-state index in [4.69, 9.17) is 4.74 Å². The molecule has 0 saturated heterocycles. The molecule has 0 aliphatic heterocycles. The van der Waals surface area contributed by atoms with Gasteiger partial charge in [0.1, 0.15) is 0 Å². The lowest BCUT2D eigenvalue weighted by Gasteiger charge is -2.13. The molecule has 78 valence electrons. The largest absolute Gasteiger partial charge is 0.383 e. The molecule has 0 heterocycles. The Morgan fingerprint density at radius 2 is 2.00 bits per heavy atom. The third kappa shape index (κ3) is 3.94. The fourth-order valence-electron chi connectivity index (χ4n) is 1.25. The molecule has 0 fully saturated rings. The van der Waals surface area contributed by atoms with Crippen LogP contribution >= 0.6 is 22.6 Å². The van der Waals surface area contributed by atoms with E-state index in [2.05, 4.69) is 59.1 Å². The summed E-state index contributed by atoms with van der Waals surface area (Å²) in [6, 6.07) is 8.97. The summed E-state index contributed by atoms with van der Waals surface area (Å²) in [4.78, 5) is 0. The second kappa shape index (κ2) is 6.37. The predicted octanol–water partition coefficient (Wildman–Crippen LogP) is 2.59. The zero-order valence-electron chi connectivity index (χ0n) is 8.59. The lowest BCUT2D eigenvalue weighted by molar-refractivity contribution is 0.196. The molecule has 2 nitrogen and oxygen atoms in total. The first-order valence-electron chi connectivity index (χ1n) is 4.72. The maximum absolute atomic E-state index is 4.98. The number of benzene rings is 1. The van der Waals surface area contributed by atoms with Crippen molar-refractivity contribution in [3.05, 3.63) is 33.4 Å². The van der Waals surface area contributed by atoms with Crippen molar-refractivity contribution in [1.82, 2.24) is 5.32 Å². The summed E-state index contributed by atoms with van der Waals surface area (Å²) in [6.45, 7) is 3.82. The molecule has 0 bridgehead atoms. The Morgan fingerprint density at radius 3 is 2.57 bits per heavy atom. The summed E-state index contributed by atoms with van der Waals surface area (Å²) in [6.07, 6.45) is 0. The van der Waals surface area contributed by atoms with Crippen molar-refractivity contribution in [2.24, 2.45) is 0 Å². The molecule has 1 atom stereocenters. The molecule has 1 rings (SSSR count). The highest BCUT2D eigenvalue weighted by Crippen LogP contribution is 2.13. The van der Waals surface area contributed by atoms with Gasteiger partial charge in [-0.3, -0.25) is 0 Å². The summed E-state index contributed by atoms with van der Waals surface area (Å²) in [5.74, 6) is 0. The number of ether oxygens (including phenoxy) is 1. The van der Waals surface area contributed by atoms with E-state index in [1.807, 2.05) is 0 Å². The highest BCUT2D eigenvalue weighted by Gasteiger charge is 2.02. The van der Waals surface area contributed by atoms with Crippen LogP contribution in [-0.4, -0.2) is 20.3 Å². The highest BCUT2D eigenvalue weighted by molar-refractivity contribution is 14.1. The standard InChI is InChI=1S/C11H16INO/c1-9(13-7-8-14-2)10-3-5-11(12)6-4-10/h3-6,9,13H,7-8H2,1-2H3/t9-/m0/s1. The highest BCUT2D eigenvalue weighted by atomic mass is 127. The summed E-state index contributed by atoms with van der Waals surface area (Å²) in [7, 11) is 1.72. The zero-order valence-corrected chi connectivity index (χ0v) is 10.7. The Balaban J connectivity index is 2.43. The summed E-state index contributed by atoms with van der Waals surface area (Å²) >= 11 is 2.31. The lowest BCUT2D eigenvalue weighted by atomic mass is 10.1. The second-order valence-corrected chi connectivity index (χ2v) is 4.47. The number of methoxy groups -OCH3 is 1. The van der Waals surface area contributed by atoms with Crippen LogP contribution in [0, 0.1) is 3.57 Å². The van der Waals surface area contributed by atoms with E-state index in [0.717, 1.165) is 13.2 Å². The second-order valence-electron chi connectivity index (χ2n) is 3.22. The van der Waals surface area contributed by atoms with Crippen LogP contribution < -0.4 is 5.32 Å². The predicted molar refractivity (Wildman–Crippen MR) is 67.5 cm³/mol. The molecule has 0 amide bonds. The van der Waals surface area contributed by atoms with Crippen molar-refractivity contribution >= 4 is 22.6 Å². The molecule has 0 spiro atoms. The molecule has 0 saturated carbocycles. The van der Waals surface area contributed by atoms with Crippen LogP contribution in [0.2, 0.25) is 0 Å². The van der Waals surface area contributed by atoms with Crippen LogP contribution in [0.3, 0.4) is 0 Å². The van der Waals surface area contributed by atoms with E-state index in [-0.39, 0.29) is 0 Å². The third-order valence-electron chi connectivity index (χ3n) is 2.13. The van der Waals surface area contributed by atoms with Gasteiger partial charge in [-0.2, -0.15) is 0 Å². The molecule has 3 heteroatoms. The SMILES string of the molecule is COCCN[C@@H](C)c1ccc(I)cc1. The van der Waals surface area contributed by atoms with Crippen molar-refractivity contribution in [2.45, 2.75) is 13.0 Å². The Labute approximate surface area is 99.2 Å². The van der Waals surface area contributed by atoms with Crippen LogP contribution in [0.1, 0.15) is 18.5 Å². The fourth-order valence-corrected chi connectivity index (χ4v) is 1.61. The number of hydrogen-bond acceptors (Lipinski definition) is 2. The van der Waals surface area contributed by atoms with Gasteiger partial charge in [-0.1, -0.05) is 12.1 Å². The van der Waals surface area contributed by atoms with Crippen molar-refractivity contribution in [1.29, 1.82) is 0 Å². The quantitative estimate of drug-likeness (QED) is 0.667. The normalized spacial score (nSPS) is 12.8. The molecule has 1 aromatic rings. The van der Waals surface area contributed by atoms with Gasteiger partial charge in [0, 0.05) is 23.3 Å². The van der Waals surface area contributed by atoms with Crippen LogP contribution in [0.25, 0.3) is 0 Å². The van der Waals surface area contributed by atoms with Gasteiger partial charge in [0.2, 0.25) is 0 Å². The summed E-state index contributed by atoms with van der Waals surface area (Å²) in [5.41, 5.74) is 1.32. The van der Waals surface area contributed by atoms with Gasteiger partial charge in [-0.25, -0.2) is 0 Å². The van der Waals surface area contributed by atoms with Crippen LogP contribution in [0.4, 0.5) is 0 Å². The van der Waals surface area contributed by atoms with Gasteiger partial charge in [0.15, 0.2) is 0 Å². The summed E-state index contributed by atoms with van der Waals surface area (Å²) in [5, 5.41) is 3.39. The molecule has 1 N–H and O–H groups in total.